The van der Waals surface area contributed by atoms with Crippen LogP contribution in [-0.4, -0.2) is 5.97 Å². The highest BCUT2D eigenvalue weighted by atomic mass is 16.5. The molecule has 2 aromatic rings. The average Bonchev–Trinajstić information content (AvgIpc) is 2.38. The highest BCUT2D eigenvalue weighted by Gasteiger charge is 2.11. The Labute approximate surface area is 108 Å². The van der Waals surface area contributed by atoms with E-state index < -0.39 is 0 Å². The maximum Gasteiger partial charge on any atom is 0.308 e. The molecule has 18 heavy (non-hydrogen) atoms. The summed E-state index contributed by atoms with van der Waals surface area (Å²) in [5.41, 5.74) is 1.31. The van der Waals surface area contributed by atoms with Gasteiger partial charge in [-0.3, -0.25) is 4.79 Å². The van der Waals surface area contributed by atoms with Crippen LogP contribution >= 0.6 is 0 Å². The Kier molecular flexibility index (Phi) is 3.66. The fourth-order valence-electron chi connectivity index (χ4n) is 2.19. The van der Waals surface area contributed by atoms with Crippen molar-refractivity contribution >= 4 is 16.7 Å². The molecule has 0 N–H and O–H groups in total. The van der Waals surface area contributed by atoms with Crippen molar-refractivity contribution in [2.75, 3.05) is 0 Å². The topological polar surface area (TPSA) is 26.3 Å². The molecule has 0 spiro atoms. The molecule has 0 heterocycles. The van der Waals surface area contributed by atoms with E-state index in [0.29, 0.717) is 11.7 Å². The van der Waals surface area contributed by atoms with E-state index >= 15 is 0 Å². The van der Waals surface area contributed by atoms with Gasteiger partial charge in [-0.2, -0.15) is 0 Å². The summed E-state index contributed by atoms with van der Waals surface area (Å²) < 4.78 is 5.26. The first-order valence-corrected chi connectivity index (χ1v) is 6.33. The predicted octanol–water partition coefficient (Wildman–Crippen LogP) is 4.28. The SMILES string of the molecule is CCC(C)c1ccc(OC(C)=O)c2ccccc12. The van der Waals surface area contributed by atoms with Gasteiger partial charge in [0, 0.05) is 12.3 Å². The van der Waals surface area contributed by atoms with Gasteiger partial charge in [0.1, 0.15) is 5.75 Å². The average molecular weight is 242 g/mol. The summed E-state index contributed by atoms with van der Waals surface area (Å²) in [5.74, 6) is 0.864. The molecule has 2 heteroatoms. The highest BCUT2D eigenvalue weighted by Crippen LogP contribution is 2.33. The third-order valence-electron chi connectivity index (χ3n) is 3.31. The van der Waals surface area contributed by atoms with E-state index in [1.807, 2.05) is 24.3 Å². The molecule has 1 atom stereocenters. The van der Waals surface area contributed by atoms with E-state index in [-0.39, 0.29) is 5.97 Å². The van der Waals surface area contributed by atoms with Crippen molar-refractivity contribution in [3.63, 3.8) is 0 Å². The quantitative estimate of drug-likeness (QED) is 0.593. The first kappa shape index (κ1) is 12.6. The molecule has 2 aromatic carbocycles. The molecule has 0 aliphatic carbocycles. The molecule has 0 saturated carbocycles. The number of ether oxygens (including phenoxy) is 1. The Bertz CT molecular complexity index is 572. The maximum atomic E-state index is 11.1. The fourth-order valence-corrected chi connectivity index (χ4v) is 2.19. The Balaban J connectivity index is 2.62. The highest BCUT2D eigenvalue weighted by molar-refractivity contribution is 5.92. The molecule has 1 unspecified atom stereocenters. The maximum absolute atomic E-state index is 11.1. The summed E-state index contributed by atoms with van der Waals surface area (Å²) in [6.07, 6.45) is 1.09. The second-order valence-electron chi connectivity index (χ2n) is 4.60. The van der Waals surface area contributed by atoms with Gasteiger partial charge in [-0.25, -0.2) is 0 Å². The summed E-state index contributed by atoms with van der Waals surface area (Å²) in [6.45, 7) is 5.82. The monoisotopic (exact) mass is 242 g/mol. The lowest BCUT2D eigenvalue weighted by Gasteiger charge is -2.14. The number of hydrogen-bond acceptors (Lipinski definition) is 2. The Morgan fingerprint density at radius 1 is 1.17 bits per heavy atom. The summed E-state index contributed by atoms with van der Waals surface area (Å²) in [6, 6.07) is 12.0. The zero-order valence-corrected chi connectivity index (χ0v) is 11.1. The Morgan fingerprint density at radius 3 is 2.44 bits per heavy atom. The van der Waals surface area contributed by atoms with Gasteiger partial charge in [0.25, 0.3) is 0 Å². The van der Waals surface area contributed by atoms with Gasteiger partial charge in [-0.1, -0.05) is 44.2 Å². The van der Waals surface area contributed by atoms with Crippen LogP contribution in [0.1, 0.15) is 38.7 Å². The van der Waals surface area contributed by atoms with Crippen molar-refractivity contribution in [3.8, 4) is 5.75 Å². The number of hydrogen-bond donors (Lipinski definition) is 0. The fraction of sp³-hybridized carbons (Fsp3) is 0.312. The van der Waals surface area contributed by atoms with Crippen molar-refractivity contribution in [2.45, 2.75) is 33.1 Å². The molecule has 0 amide bonds. The Hall–Kier alpha value is -1.83. The normalized spacial score (nSPS) is 12.4. The number of esters is 1. The van der Waals surface area contributed by atoms with E-state index in [4.69, 9.17) is 4.74 Å². The first-order valence-electron chi connectivity index (χ1n) is 6.33. The molecule has 2 rings (SSSR count). The summed E-state index contributed by atoms with van der Waals surface area (Å²) in [5, 5.41) is 2.18. The molecule has 0 bridgehead atoms. The molecular formula is C16H18O2. The largest absolute Gasteiger partial charge is 0.426 e. The lowest BCUT2D eigenvalue weighted by molar-refractivity contribution is -0.131. The minimum atomic E-state index is -0.281. The predicted molar refractivity (Wildman–Crippen MR) is 74.0 cm³/mol. The van der Waals surface area contributed by atoms with E-state index in [0.717, 1.165) is 11.8 Å². The molecule has 0 saturated heterocycles. The number of rotatable bonds is 3. The van der Waals surface area contributed by atoms with Crippen LogP contribution in [0, 0.1) is 0 Å². The van der Waals surface area contributed by atoms with E-state index in [1.54, 1.807) is 0 Å². The van der Waals surface area contributed by atoms with Crippen LogP contribution in [0.15, 0.2) is 36.4 Å². The number of carbonyl (C=O) groups is 1. The second-order valence-corrected chi connectivity index (χ2v) is 4.60. The minimum absolute atomic E-state index is 0.281. The minimum Gasteiger partial charge on any atom is -0.426 e. The van der Waals surface area contributed by atoms with Crippen LogP contribution in [0.4, 0.5) is 0 Å². The van der Waals surface area contributed by atoms with Gasteiger partial charge in [0.05, 0.1) is 0 Å². The van der Waals surface area contributed by atoms with Crippen LogP contribution < -0.4 is 4.74 Å². The van der Waals surface area contributed by atoms with Gasteiger partial charge >= 0.3 is 5.97 Å². The zero-order valence-electron chi connectivity index (χ0n) is 11.1. The third-order valence-corrected chi connectivity index (χ3v) is 3.31. The van der Waals surface area contributed by atoms with Crippen LogP contribution in [0.3, 0.4) is 0 Å². The summed E-state index contributed by atoms with van der Waals surface area (Å²) >= 11 is 0. The first-order chi connectivity index (χ1) is 8.63. The smallest absolute Gasteiger partial charge is 0.308 e. The Morgan fingerprint density at radius 2 is 1.83 bits per heavy atom. The molecular weight excluding hydrogens is 224 g/mol. The summed E-state index contributed by atoms with van der Waals surface area (Å²) in [7, 11) is 0. The second kappa shape index (κ2) is 5.21. The molecule has 0 fully saturated rings. The van der Waals surface area contributed by atoms with Crippen molar-refractivity contribution < 1.29 is 9.53 Å². The van der Waals surface area contributed by atoms with Gasteiger partial charge in [0.2, 0.25) is 0 Å². The molecule has 2 nitrogen and oxygen atoms in total. The number of carbonyl (C=O) groups excluding carboxylic acids is 1. The molecule has 0 radical (unpaired) electrons. The van der Waals surface area contributed by atoms with Crippen molar-refractivity contribution in [3.05, 3.63) is 42.0 Å². The molecule has 0 aliphatic rings. The standard InChI is InChI=1S/C16H18O2/c1-4-11(2)13-9-10-16(18-12(3)17)15-8-6-5-7-14(13)15/h5-11H,4H2,1-3H3. The van der Waals surface area contributed by atoms with Crippen molar-refractivity contribution in [1.29, 1.82) is 0 Å². The number of fused-ring (bicyclic) bond motifs is 1. The van der Waals surface area contributed by atoms with Crippen LogP contribution in [0.25, 0.3) is 10.8 Å². The van der Waals surface area contributed by atoms with Crippen LogP contribution in [0.5, 0.6) is 5.75 Å². The van der Waals surface area contributed by atoms with E-state index in [1.165, 1.54) is 17.9 Å². The molecule has 0 aromatic heterocycles. The van der Waals surface area contributed by atoms with Crippen LogP contribution in [0.2, 0.25) is 0 Å². The van der Waals surface area contributed by atoms with E-state index in [9.17, 15) is 4.79 Å². The third kappa shape index (κ3) is 2.37. The van der Waals surface area contributed by atoms with E-state index in [2.05, 4.69) is 26.0 Å². The van der Waals surface area contributed by atoms with Crippen molar-refractivity contribution in [2.24, 2.45) is 0 Å². The van der Waals surface area contributed by atoms with Crippen molar-refractivity contribution in [1.82, 2.24) is 0 Å². The van der Waals surface area contributed by atoms with Gasteiger partial charge < -0.3 is 4.74 Å². The van der Waals surface area contributed by atoms with Gasteiger partial charge in [-0.15, -0.1) is 0 Å². The van der Waals surface area contributed by atoms with Gasteiger partial charge in [0.15, 0.2) is 0 Å². The molecule has 0 aliphatic heterocycles. The molecule has 94 valence electrons. The van der Waals surface area contributed by atoms with Gasteiger partial charge in [-0.05, 0) is 29.4 Å². The van der Waals surface area contributed by atoms with Crippen LogP contribution in [-0.2, 0) is 4.79 Å². The summed E-state index contributed by atoms with van der Waals surface area (Å²) in [4.78, 5) is 11.1. The number of benzene rings is 2. The lowest BCUT2D eigenvalue weighted by Crippen LogP contribution is -2.03. The zero-order chi connectivity index (χ0) is 13.1. The lowest BCUT2D eigenvalue weighted by atomic mass is 9.93.